The van der Waals surface area contributed by atoms with Crippen molar-refractivity contribution in [2.75, 3.05) is 5.88 Å². The minimum Gasteiger partial charge on any atom is -0.461 e. The van der Waals surface area contributed by atoms with Crippen LogP contribution in [0, 0.1) is 11.8 Å². The molecule has 2 bridgehead atoms. The van der Waals surface area contributed by atoms with Crippen LogP contribution in [0.1, 0.15) is 25.7 Å². The largest absolute Gasteiger partial charge is 0.461 e. The van der Waals surface area contributed by atoms with E-state index in [9.17, 15) is 4.79 Å². The van der Waals surface area contributed by atoms with Crippen LogP contribution in [0.3, 0.4) is 0 Å². The van der Waals surface area contributed by atoms with Gasteiger partial charge >= 0.3 is 5.97 Å². The minimum atomic E-state index is -0.255. The smallest absolute Gasteiger partial charge is 0.321 e. The van der Waals surface area contributed by atoms with Crippen LogP contribution < -0.4 is 0 Å². The summed E-state index contributed by atoms with van der Waals surface area (Å²) in [7, 11) is 0. The highest BCUT2D eigenvalue weighted by Gasteiger charge is 2.41. The summed E-state index contributed by atoms with van der Waals surface area (Å²) in [4.78, 5) is 10.9. The number of esters is 1. The lowest BCUT2D eigenvalue weighted by atomic mass is 9.98. The molecule has 0 spiro atoms. The molecule has 0 aromatic carbocycles. The van der Waals surface area contributed by atoms with E-state index in [2.05, 4.69) is 0 Å². The molecule has 0 amide bonds. The van der Waals surface area contributed by atoms with E-state index >= 15 is 0 Å². The molecule has 68 valence electrons. The van der Waals surface area contributed by atoms with Crippen molar-refractivity contribution in [3.63, 3.8) is 0 Å². The first-order chi connectivity index (χ1) is 5.79. The number of rotatable bonds is 2. The lowest BCUT2D eigenvalue weighted by Crippen LogP contribution is -2.24. The van der Waals surface area contributed by atoms with Gasteiger partial charge < -0.3 is 4.74 Å². The molecular formula is C9H13ClO2. The van der Waals surface area contributed by atoms with Gasteiger partial charge in [-0.15, -0.1) is 11.6 Å². The third kappa shape index (κ3) is 1.45. The number of hydrogen-bond acceptors (Lipinski definition) is 2. The van der Waals surface area contributed by atoms with Gasteiger partial charge in [0.2, 0.25) is 0 Å². The molecule has 0 N–H and O–H groups in total. The molecule has 2 nitrogen and oxygen atoms in total. The standard InChI is InChI=1S/C9H13ClO2/c10-5-9(11)12-8-4-6-1-2-7(8)3-6/h6-8H,1-5H2/t6-,7+,8+/m1/s1. The molecule has 0 unspecified atom stereocenters. The number of halogens is 1. The molecule has 0 aromatic rings. The van der Waals surface area contributed by atoms with E-state index < -0.39 is 0 Å². The van der Waals surface area contributed by atoms with Crippen molar-refractivity contribution in [1.29, 1.82) is 0 Å². The Labute approximate surface area is 77.2 Å². The molecule has 0 aromatic heterocycles. The minimum absolute atomic E-state index is 0.00606. The van der Waals surface area contributed by atoms with Gasteiger partial charge in [-0.2, -0.15) is 0 Å². The second-order valence-electron chi connectivity index (χ2n) is 3.84. The summed E-state index contributed by atoms with van der Waals surface area (Å²) in [5.74, 6) is 1.20. The van der Waals surface area contributed by atoms with Crippen LogP contribution in [0.25, 0.3) is 0 Å². The van der Waals surface area contributed by atoms with E-state index in [1.54, 1.807) is 0 Å². The fourth-order valence-electron chi connectivity index (χ4n) is 2.53. The maximum atomic E-state index is 10.9. The first-order valence-electron chi connectivity index (χ1n) is 4.55. The predicted octanol–water partition coefficient (Wildman–Crippen LogP) is 1.96. The summed E-state index contributed by atoms with van der Waals surface area (Å²) in [5, 5.41) is 0. The fraction of sp³-hybridized carbons (Fsp3) is 0.889. The van der Waals surface area contributed by atoms with Crippen molar-refractivity contribution < 1.29 is 9.53 Å². The van der Waals surface area contributed by atoms with Gasteiger partial charge in [0.15, 0.2) is 0 Å². The molecule has 3 heteroatoms. The van der Waals surface area contributed by atoms with Crippen molar-refractivity contribution >= 4 is 17.6 Å². The first kappa shape index (κ1) is 8.36. The molecule has 2 aliphatic carbocycles. The van der Waals surface area contributed by atoms with Crippen molar-refractivity contribution in [3.05, 3.63) is 0 Å². The zero-order valence-electron chi connectivity index (χ0n) is 6.96. The van der Waals surface area contributed by atoms with E-state index in [1.165, 1.54) is 19.3 Å². The van der Waals surface area contributed by atoms with E-state index in [1.807, 2.05) is 0 Å². The normalized spacial score (nSPS) is 38.6. The molecule has 0 heterocycles. The van der Waals surface area contributed by atoms with Crippen LogP contribution in [0.5, 0.6) is 0 Å². The highest BCUT2D eigenvalue weighted by molar-refractivity contribution is 6.26. The van der Waals surface area contributed by atoms with E-state index in [0.29, 0.717) is 5.92 Å². The van der Waals surface area contributed by atoms with Gasteiger partial charge in [0.1, 0.15) is 12.0 Å². The summed E-state index contributed by atoms with van der Waals surface area (Å²) in [6.07, 6.45) is 5.10. The molecule has 2 fully saturated rings. The Kier molecular flexibility index (Phi) is 2.26. The van der Waals surface area contributed by atoms with E-state index in [0.717, 1.165) is 12.3 Å². The maximum Gasteiger partial charge on any atom is 0.321 e. The molecule has 0 saturated heterocycles. The zero-order chi connectivity index (χ0) is 8.55. The SMILES string of the molecule is O=C(CCl)O[C@H]1C[C@@H]2CC[C@H]1C2. The van der Waals surface area contributed by atoms with Crippen LogP contribution in [-0.2, 0) is 9.53 Å². The van der Waals surface area contributed by atoms with Gasteiger partial charge in [-0.05, 0) is 37.5 Å². The Bertz CT molecular complexity index is 193. The number of hydrogen-bond donors (Lipinski definition) is 0. The lowest BCUT2D eigenvalue weighted by Gasteiger charge is -2.21. The van der Waals surface area contributed by atoms with Crippen LogP contribution >= 0.6 is 11.6 Å². The number of ether oxygens (including phenoxy) is 1. The van der Waals surface area contributed by atoms with Crippen molar-refractivity contribution in [1.82, 2.24) is 0 Å². The average Bonchev–Trinajstić information content (AvgIpc) is 2.64. The monoisotopic (exact) mass is 188 g/mol. The topological polar surface area (TPSA) is 26.3 Å². The van der Waals surface area contributed by atoms with Gasteiger partial charge in [-0.3, -0.25) is 4.79 Å². The number of alkyl halides is 1. The highest BCUT2D eigenvalue weighted by Crippen LogP contribution is 2.45. The third-order valence-electron chi connectivity index (χ3n) is 3.07. The first-order valence-corrected chi connectivity index (χ1v) is 5.08. The van der Waals surface area contributed by atoms with Gasteiger partial charge in [-0.1, -0.05) is 0 Å². The van der Waals surface area contributed by atoms with Gasteiger partial charge in [0, 0.05) is 0 Å². The molecule has 0 aliphatic heterocycles. The molecular weight excluding hydrogens is 176 g/mol. The van der Waals surface area contributed by atoms with E-state index in [4.69, 9.17) is 16.3 Å². The quantitative estimate of drug-likeness (QED) is 0.489. The molecule has 2 saturated carbocycles. The van der Waals surface area contributed by atoms with Gasteiger partial charge in [0.25, 0.3) is 0 Å². The number of carbonyl (C=O) groups is 1. The second-order valence-corrected chi connectivity index (χ2v) is 4.10. The van der Waals surface area contributed by atoms with E-state index in [-0.39, 0.29) is 18.0 Å². The highest BCUT2D eigenvalue weighted by atomic mass is 35.5. The predicted molar refractivity (Wildman–Crippen MR) is 46.0 cm³/mol. The van der Waals surface area contributed by atoms with Crippen LogP contribution in [0.4, 0.5) is 0 Å². The summed E-state index contributed by atoms with van der Waals surface area (Å²) in [6, 6.07) is 0. The van der Waals surface area contributed by atoms with Crippen molar-refractivity contribution in [3.8, 4) is 0 Å². The van der Waals surface area contributed by atoms with Crippen LogP contribution in [-0.4, -0.2) is 18.0 Å². The van der Waals surface area contributed by atoms with Crippen molar-refractivity contribution in [2.24, 2.45) is 11.8 Å². The Morgan fingerprint density at radius 3 is 2.75 bits per heavy atom. The number of fused-ring (bicyclic) bond motifs is 2. The summed E-state index contributed by atoms with van der Waals surface area (Å²) < 4.78 is 5.22. The Morgan fingerprint density at radius 1 is 1.42 bits per heavy atom. The summed E-state index contributed by atoms with van der Waals surface area (Å²) in [6.45, 7) is 0. The van der Waals surface area contributed by atoms with Gasteiger partial charge in [-0.25, -0.2) is 0 Å². The van der Waals surface area contributed by atoms with Crippen LogP contribution in [0.2, 0.25) is 0 Å². The van der Waals surface area contributed by atoms with Gasteiger partial charge in [0.05, 0.1) is 0 Å². The molecule has 0 radical (unpaired) electrons. The van der Waals surface area contributed by atoms with Crippen LogP contribution in [0.15, 0.2) is 0 Å². The molecule has 2 rings (SSSR count). The molecule has 2 aliphatic rings. The summed E-state index contributed by atoms with van der Waals surface area (Å²) in [5.41, 5.74) is 0. The third-order valence-corrected chi connectivity index (χ3v) is 3.28. The Hall–Kier alpha value is -0.240. The zero-order valence-corrected chi connectivity index (χ0v) is 7.72. The Balaban J connectivity index is 1.86. The molecule has 3 atom stereocenters. The number of carbonyl (C=O) groups excluding carboxylic acids is 1. The lowest BCUT2D eigenvalue weighted by molar-refractivity contribution is -0.148. The fourth-order valence-corrected chi connectivity index (χ4v) is 2.59. The summed E-state index contributed by atoms with van der Waals surface area (Å²) >= 11 is 5.36. The molecule has 12 heavy (non-hydrogen) atoms. The second kappa shape index (κ2) is 3.25. The Morgan fingerprint density at radius 2 is 2.25 bits per heavy atom. The average molecular weight is 189 g/mol. The van der Waals surface area contributed by atoms with Crippen molar-refractivity contribution in [2.45, 2.75) is 31.8 Å². The maximum absolute atomic E-state index is 10.9.